The Bertz CT molecular complexity index is 863. The van der Waals surface area contributed by atoms with Gasteiger partial charge in [0.05, 0.1) is 34.3 Å². The molecule has 4 rings (SSSR count). The lowest BCUT2D eigenvalue weighted by atomic mass is 9.74. The number of anilines is 2. The van der Waals surface area contributed by atoms with Crippen molar-refractivity contribution in [3.8, 4) is 0 Å². The Kier molecular flexibility index (Phi) is 4.52. The van der Waals surface area contributed by atoms with Crippen LogP contribution in [0.15, 0.2) is 36.5 Å². The molecule has 2 saturated heterocycles. The second kappa shape index (κ2) is 6.70. The monoisotopic (exact) mass is 393 g/mol. The Hall–Kier alpha value is -1.86. The topological polar surface area (TPSA) is 97.5 Å². The number of pyridine rings is 1. The van der Waals surface area contributed by atoms with Gasteiger partial charge in [0.25, 0.3) is 0 Å². The highest BCUT2D eigenvalue weighted by Crippen LogP contribution is 2.49. The van der Waals surface area contributed by atoms with Crippen LogP contribution in [-0.4, -0.2) is 34.3 Å². The second-order valence-corrected chi connectivity index (χ2v) is 7.44. The number of carbonyl (C=O) groups is 1. The molecule has 0 saturated carbocycles. The molecular formula is C18H17Cl2N3O3. The van der Waals surface area contributed by atoms with Gasteiger partial charge in [-0.05, 0) is 35.9 Å². The summed E-state index contributed by atoms with van der Waals surface area (Å²) < 4.78 is 5.89. The average Bonchev–Trinajstić information content (AvgIpc) is 3.15. The number of nitrogens with zero attached hydrogens (tertiary/aromatic N) is 1. The van der Waals surface area contributed by atoms with Crippen LogP contribution in [0.4, 0.5) is 11.5 Å². The number of aliphatic hydroxyl groups excluding tert-OH is 1. The van der Waals surface area contributed by atoms with E-state index in [9.17, 15) is 9.90 Å². The van der Waals surface area contributed by atoms with E-state index in [0.717, 1.165) is 5.56 Å². The van der Waals surface area contributed by atoms with Crippen LogP contribution in [0.3, 0.4) is 0 Å². The van der Waals surface area contributed by atoms with Crippen molar-refractivity contribution in [2.45, 2.75) is 30.7 Å². The van der Waals surface area contributed by atoms with E-state index < -0.39 is 18.1 Å². The minimum atomic E-state index is -0.603. The third-order valence-electron chi connectivity index (χ3n) is 5.01. The zero-order valence-electron chi connectivity index (χ0n) is 13.6. The van der Waals surface area contributed by atoms with Gasteiger partial charge in [-0.2, -0.15) is 0 Å². The predicted molar refractivity (Wildman–Crippen MR) is 99.3 cm³/mol. The highest BCUT2D eigenvalue weighted by molar-refractivity contribution is 6.42. The first-order valence-electron chi connectivity index (χ1n) is 8.25. The smallest absolute Gasteiger partial charge is 0.230 e. The molecule has 2 aliphatic rings. The van der Waals surface area contributed by atoms with Crippen LogP contribution in [0.25, 0.3) is 0 Å². The fourth-order valence-corrected chi connectivity index (χ4v) is 4.21. The number of aliphatic hydroxyl groups is 1. The van der Waals surface area contributed by atoms with Gasteiger partial charge in [-0.1, -0.05) is 23.2 Å². The number of aromatic nitrogens is 1. The molecule has 26 heavy (non-hydrogen) atoms. The Morgan fingerprint density at radius 2 is 2.08 bits per heavy atom. The summed E-state index contributed by atoms with van der Waals surface area (Å²) in [5, 5.41) is 13.9. The number of benzene rings is 1. The van der Waals surface area contributed by atoms with E-state index >= 15 is 0 Å². The first kappa shape index (κ1) is 17.5. The van der Waals surface area contributed by atoms with Gasteiger partial charge >= 0.3 is 0 Å². The van der Waals surface area contributed by atoms with Gasteiger partial charge in [-0.25, -0.2) is 4.98 Å². The number of nitrogen functional groups attached to an aromatic ring is 1. The van der Waals surface area contributed by atoms with E-state index in [-0.39, 0.29) is 17.9 Å². The maximum atomic E-state index is 13.0. The molecule has 2 aliphatic heterocycles. The lowest BCUT2D eigenvalue weighted by Gasteiger charge is -2.30. The standard InChI is InChI=1S/C18H17Cl2N3O3/c19-10-2-1-9(6-11(10)20)23-18(25)16-13-7-12(24)17(26-13)15(16)8-3-4-22-14(21)5-8/h1-6,12-13,15-17,24H,7H2,(H2,21,22)(H,23,25). The number of carbonyl (C=O) groups excluding carboxylic acids is 1. The van der Waals surface area contributed by atoms with E-state index in [1.165, 1.54) is 0 Å². The number of fused-ring (bicyclic) bond motifs is 2. The van der Waals surface area contributed by atoms with Crippen LogP contribution in [0.5, 0.6) is 0 Å². The Balaban J connectivity index is 1.62. The van der Waals surface area contributed by atoms with E-state index in [2.05, 4.69) is 10.3 Å². The highest BCUT2D eigenvalue weighted by atomic mass is 35.5. The fraction of sp³-hybridized carbons (Fsp3) is 0.333. The molecule has 1 amide bonds. The molecule has 8 heteroatoms. The molecule has 1 aromatic carbocycles. The maximum absolute atomic E-state index is 13.0. The summed E-state index contributed by atoms with van der Waals surface area (Å²) in [6.07, 6.45) is 0.634. The highest BCUT2D eigenvalue weighted by Gasteiger charge is 2.57. The molecule has 5 atom stereocenters. The summed E-state index contributed by atoms with van der Waals surface area (Å²) in [5.74, 6) is -0.567. The molecule has 1 aromatic heterocycles. The minimum Gasteiger partial charge on any atom is -0.390 e. The van der Waals surface area contributed by atoms with Crippen molar-refractivity contribution in [1.29, 1.82) is 0 Å². The number of halogens is 2. The summed E-state index contributed by atoms with van der Waals surface area (Å²) in [5.41, 5.74) is 7.18. The normalized spacial score (nSPS) is 29.7. The SMILES string of the molecule is Nc1cc(C2C3OC(CC3O)C2C(=O)Nc2ccc(Cl)c(Cl)c2)ccn1. The molecular weight excluding hydrogens is 377 g/mol. The van der Waals surface area contributed by atoms with Gasteiger partial charge in [-0.3, -0.25) is 4.79 Å². The molecule has 3 heterocycles. The molecule has 6 nitrogen and oxygen atoms in total. The fourth-order valence-electron chi connectivity index (χ4n) is 3.91. The van der Waals surface area contributed by atoms with Gasteiger partial charge < -0.3 is 20.9 Å². The van der Waals surface area contributed by atoms with Crippen molar-refractivity contribution in [2.24, 2.45) is 5.92 Å². The number of amides is 1. The largest absolute Gasteiger partial charge is 0.390 e. The quantitative estimate of drug-likeness (QED) is 0.744. The predicted octanol–water partition coefficient (Wildman–Crippen LogP) is 2.84. The average molecular weight is 394 g/mol. The molecule has 2 fully saturated rings. The van der Waals surface area contributed by atoms with E-state index in [1.54, 1.807) is 36.5 Å². The van der Waals surface area contributed by atoms with Crippen molar-refractivity contribution in [3.05, 3.63) is 52.1 Å². The van der Waals surface area contributed by atoms with Crippen molar-refractivity contribution >= 4 is 40.6 Å². The molecule has 0 aliphatic carbocycles. The summed E-state index contributed by atoms with van der Waals surface area (Å²) >= 11 is 11.9. The number of rotatable bonds is 3. The van der Waals surface area contributed by atoms with Crippen molar-refractivity contribution in [3.63, 3.8) is 0 Å². The third kappa shape index (κ3) is 3.03. The van der Waals surface area contributed by atoms with E-state index in [1.807, 2.05) is 0 Å². The zero-order valence-corrected chi connectivity index (χ0v) is 15.1. The summed E-state index contributed by atoms with van der Waals surface area (Å²) in [6, 6.07) is 8.44. The van der Waals surface area contributed by atoms with Gasteiger partial charge in [0.2, 0.25) is 5.91 Å². The third-order valence-corrected chi connectivity index (χ3v) is 5.75. The van der Waals surface area contributed by atoms with Crippen LogP contribution >= 0.6 is 23.2 Å². The van der Waals surface area contributed by atoms with Crippen molar-refractivity contribution < 1.29 is 14.6 Å². The van der Waals surface area contributed by atoms with Crippen molar-refractivity contribution in [1.82, 2.24) is 4.98 Å². The summed E-state index contributed by atoms with van der Waals surface area (Å²) in [7, 11) is 0. The van der Waals surface area contributed by atoms with Crippen LogP contribution < -0.4 is 11.1 Å². The summed E-state index contributed by atoms with van der Waals surface area (Å²) in [4.78, 5) is 17.0. The lowest BCUT2D eigenvalue weighted by Crippen LogP contribution is -2.41. The second-order valence-electron chi connectivity index (χ2n) is 6.63. The van der Waals surface area contributed by atoms with E-state index in [4.69, 9.17) is 33.7 Å². The number of hydrogen-bond acceptors (Lipinski definition) is 5. The Morgan fingerprint density at radius 3 is 2.81 bits per heavy atom. The number of nitrogens with one attached hydrogen (secondary N) is 1. The van der Waals surface area contributed by atoms with Gasteiger partial charge in [0, 0.05) is 24.2 Å². The molecule has 0 spiro atoms. The molecule has 2 aromatic rings. The molecule has 136 valence electrons. The van der Waals surface area contributed by atoms with Gasteiger partial charge in [-0.15, -0.1) is 0 Å². The molecule has 4 N–H and O–H groups in total. The molecule has 0 radical (unpaired) electrons. The lowest BCUT2D eigenvalue weighted by molar-refractivity contribution is -0.121. The molecule has 2 bridgehead atoms. The van der Waals surface area contributed by atoms with E-state index in [0.29, 0.717) is 28.0 Å². The maximum Gasteiger partial charge on any atom is 0.230 e. The van der Waals surface area contributed by atoms with Crippen molar-refractivity contribution in [2.75, 3.05) is 11.1 Å². The minimum absolute atomic E-state index is 0.192. The van der Waals surface area contributed by atoms with Crippen LogP contribution in [0.2, 0.25) is 10.0 Å². The van der Waals surface area contributed by atoms with Gasteiger partial charge in [0.15, 0.2) is 0 Å². The Labute approximate surface area is 160 Å². The van der Waals surface area contributed by atoms with Crippen LogP contribution in [0.1, 0.15) is 17.9 Å². The first-order chi connectivity index (χ1) is 12.4. The van der Waals surface area contributed by atoms with Crippen LogP contribution in [-0.2, 0) is 9.53 Å². The van der Waals surface area contributed by atoms with Crippen LogP contribution in [0, 0.1) is 5.92 Å². The summed E-state index contributed by atoms with van der Waals surface area (Å²) in [6.45, 7) is 0. The number of ether oxygens (including phenoxy) is 1. The molecule has 5 unspecified atom stereocenters. The number of hydrogen-bond donors (Lipinski definition) is 3. The first-order valence-corrected chi connectivity index (χ1v) is 9.00. The Morgan fingerprint density at radius 1 is 1.27 bits per heavy atom. The number of nitrogens with two attached hydrogens (primary N) is 1. The van der Waals surface area contributed by atoms with Gasteiger partial charge in [0.1, 0.15) is 5.82 Å². The zero-order chi connectivity index (χ0) is 18.4.